The first-order valence-corrected chi connectivity index (χ1v) is 5.52. The number of aliphatic hydroxyl groups is 1. The van der Waals surface area contributed by atoms with Gasteiger partial charge < -0.3 is 21.3 Å². The van der Waals surface area contributed by atoms with Gasteiger partial charge in [-0.05, 0) is 17.7 Å². The van der Waals surface area contributed by atoms with Crippen LogP contribution in [0.4, 0.5) is 0 Å². The van der Waals surface area contributed by atoms with Crippen molar-refractivity contribution in [3.05, 3.63) is 35.4 Å². The van der Waals surface area contributed by atoms with Crippen molar-refractivity contribution < 1.29 is 19.8 Å². The van der Waals surface area contributed by atoms with Gasteiger partial charge in [0.2, 0.25) is 0 Å². The summed E-state index contributed by atoms with van der Waals surface area (Å²) in [4.78, 5) is 22.6. The molecular formula is C12H16N2O4. The van der Waals surface area contributed by atoms with E-state index in [9.17, 15) is 9.59 Å². The minimum Gasteiger partial charge on any atom is -0.480 e. The largest absolute Gasteiger partial charge is 0.480 e. The third-order valence-electron chi connectivity index (χ3n) is 2.47. The maximum Gasteiger partial charge on any atom is 0.326 e. The van der Waals surface area contributed by atoms with Crippen molar-refractivity contribution in [2.24, 2.45) is 5.73 Å². The normalized spacial score (nSPS) is 11.9. The first-order valence-electron chi connectivity index (χ1n) is 5.52. The fraction of sp³-hybridized carbons (Fsp3) is 0.333. The highest BCUT2D eigenvalue weighted by Gasteiger charge is 2.19. The van der Waals surface area contributed by atoms with E-state index in [4.69, 9.17) is 15.9 Å². The fourth-order valence-electron chi connectivity index (χ4n) is 1.42. The molecule has 0 spiro atoms. The molecule has 0 aliphatic rings. The molecule has 6 heteroatoms. The predicted molar refractivity (Wildman–Crippen MR) is 64.9 cm³/mol. The molecule has 5 N–H and O–H groups in total. The van der Waals surface area contributed by atoms with E-state index in [1.807, 2.05) is 0 Å². The molecule has 0 bridgehead atoms. The smallest absolute Gasteiger partial charge is 0.326 e. The zero-order valence-corrected chi connectivity index (χ0v) is 9.80. The van der Waals surface area contributed by atoms with E-state index in [1.54, 1.807) is 24.3 Å². The number of rotatable bonds is 6. The number of benzene rings is 1. The van der Waals surface area contributed by atoms with Gasteiger partial charge in [-0.2, -0.15) is 0 Å². The molecule has 0 heterocycles. The number of hydrogen-bond donors (Lipinski definition) is 4. The minimum atomic E-state index is -1.17. The average molecular weight is 252 g/mol. The van der Waals surface area contributed by atoms with Gasteiger partial charge in [-0.15, -0.1) is 0 Å². The summed E-state index contributed by atoms with van der Waals surface area (Å²) in [6.07, 6.45) is -0.0258. The van der Waals surface area contributed by atoms with Crippen molar-refractivity contribution in [2.45, 2.75) is 19.0 Å². The first kappa shape index (κ1) is 14.1. The van der Waals surface area contributed by atoms with Crippen molar-refractivity contribution in [3.8, 4) is 0 Å². The summed E-state index contributed by atoms with van der Waals surface area (Å²) in [7, 11) is 0. The van der Waals surface area contributed by atoms with Crippen LogP contribution in [0.2, 0.25) is 0 Å². The van der Waals surface area contributed by atoms with Gasteiger partial charge in [-0.3, -0.25) is 4.79 Å². The van der Waals surface area contributed by atoms with E-state index in [-0.39, 0.29) is 13.0 Å². The molecule has 0 aliphatic carbocycles. The lowest BCUT2D eigenvalue weighted by molar-refractivity contribution is -0.139. The average Bonchev–Trinajstić information content (AvgIpc) is 2.38. The molecule has 1 amide bonds. The van der Waals surface area contributed by atoms with Crippen molar-refractivity contribution in [1.82, 2.24) is 5.32 Å². The Bertz CT molecular complexity index is 417. The number of aliphatic carboxylic acids is 1. The van der Waals surface area contributed by atoms with Gasteiger partial charge >= 0.3 is 5.97 Å². The second-order valence-corrected chi connectivity index (χ2v) is 3.78. The van der Waals surface area contributed by atoms with Gasteiger partial charge in [0.1, 0.15) is 6.04 Å². The van der Waals surface area contributed by atoms with Crippen LogP contribution in [0.5, 0.6) is 0 Å². The molecular weight excluding hydrogens is 236 g/mol. The zero-order valence-electron chi connectivity index (χ0n) is 9.80. The molecule has 1 aromatic carbocycles. The Kier molecular flexibility index (Phi) is 5.29. The highest BCUT2D eigenvalue weighted by molar-refractivity contribution is 5.96. The number of nitrogens with two attached hydrogens (primary N) is 1. The van der Waals surface area contributed by atoms with Crippen LogP contribution >= 0.6 is 0 Å². The Balaban J connectivity index is 2.70. The van der Waals surface area contributed by atoms with E-state index < -0.39 is 17.9 Å². The van der Waals surface area contributed by atoms with Crippen LogP contribution in [-0.4, -0.2) is 34.7 Å². The molecule has 0 radical (unpaired) electrons. The Morgan fingerprint density at radius 1 is 1.28 bits per heavy atom. The van der Waals surface area contributed by atoms with Crippen LogP contribution in [0.25, 0.3) is 0 Å². The molecule has 18 heavy (non-hydrogen) atoms. The molecule has 1 atom stereocenters. The summed E-state index contributed by atoms with van der Waals surface area (Å²) >= 11 is 0. The van der Waals surface area contributed by atoms with Crippen LogP contribution in [-0.2, 0) is 11.3 Å². The molecule has 1 aromatic rings. The monoisotopic (exact) mass is 252 g/mol. The SMILES string of the molecule is NCc1ccc(C(=O)N[C@@H](CCO)C(=O)O)cc1. The van der Waals surface area contributed by atoms with Gasteiger partial charge in [-0.25, -0.2) is 4.79 Å². The Labute approximate surface area is 104 Å². The molecule has 0 unspecified atom stereocenters. The van der Waals surface area contributed by atoms with E-state index >= 15 is 0 Å². The number of amides is 1. The van der Waals surface area contributed by atoms with Gasteiger partial charge in [0.25, 0.3) is 5.91 Å². The number of carboxylic acid groups (broad SMARTS) is 1. The van der Waals surface area contributed by atoms with Gasteiger partial charge in [0, 0.05) is 25.1 Å². The van der Waals surface area contributed by atoms with Crippen LogP contribution in [0.1, 0.15) is 22.3 Å². The zero-order chi connectivity index (χ0) is 13.5. The quantitative estimate of drug-likeness (QED) is 0.555. The second kappa shape index (κ2) is 6.73. The van der Waals surface area contributed by atoms with Crippen molar-refractivity contribution >= 4 is 11.9 Å². The maximum atomic E-state index is 11.7. The fourth-order valence-corrected chi connectivity index (χ4v) is 1.42. The lowest BCUT2D eigenvalue weighted by Gasteiger charge is -2.13. The first-order chi connectivity index (χ1) is 8.58. The predicted octanol–water partition coefficient (Wildman–Crippen LogP) is -0.289. The van der Waals surface area contributed by atoms with Gasteiger partial charge in [0.15, 0.2) is 0 Å². The van der Waals surface area contributed by atoms with Crippen LogP contribution in [0, 0.1) is 0 Å². The van der Waals surface area contributed by atoms with Crippen LogP contribution in [0.3, 0.4) is 0 Å². The standard InChI is InChI=1S/C12H16N2O4/c13-7-8-1-3-9(4-2-8)11(16)14-10(5-6-15)12(17)18/h1-4,10,15H,5-7,13H2,(H,14,16)(H,17,18)/t10-/m0/s1. The highest BCUT2D eigenvalue weighted by atomic mass is 16.4. The number of carbonyl (C=O) groups is 2. The summed E-state index contributed by atoms with van der Waals surface area (Å²) in [6.45, 7) is 0.0769. The maximum absolute atomic E-state index is 11.7. The second-order valence-electron chi connectivity index (χ2n) is 3.78. The van der Waals surface area contributed by atoms with Gasteiger partial charge in [-0.1, -0.05) is 12.1 Å². The van der Waals surface area contributed by atoms with Crippen molar-refractivity contribution in [2.75, 3.05) is 6.61 Å². The number of hydrogen-bond acceptors (Lipinski definition) is 4. The highest BCUT2D eigenvalue weighted by Crippen LogP contribution is 2.04. The third kappa shape index (κ3) is 3.83. The summed E-state index contributed by atoms with van der Waals surface area (Å²) in [5.74, 6) is -1.66. The van der Waals surface area contributed by atoms with Crippen LogP contribution in [0.15, 0.2) is 24.3 Å². The van der Waals surface area contributed by atoms with Crippen molar-refractivity contribution in [3.63, 3.8) is 0 Å². The number of carboxylic acids is 1. The number of aliphatic hydroxyl groups excluding tert-OH is 1. The number of nitrogens with one attached hydrogen (secondary N) is 1. The molecule has 98 valence electrons. The molecule has 1 rings (SSSR count). The Morgan fingerprint density at radius 2 is 1.89 bits per heavy atom. The lowest BCUT2D eigenvalue weighted by Crippen LogP contribution is -2.41. The van der Waals surface area contributed by atoms with E-state index in [1.165, 1.54) is 0 Å². The molecule has 6 nitrogen and oxygen atoms in total. The lowest BCUT2D eigenvalue weighted by atomic mass is 10.1. The topological polar surface area (TPSA) is 113 Å². The molecule has 0 saturated carbocycles. The summed E-state index contributed by atoms with van der Waals surface area (Å²) in [5, 5.41) is 19.9. The molecule has 0 aliphatic heterocycles. The minimum absolute atomic E-state index is 0.0258. The number of carbonyl (C=O) groups excluding carboxylic acids is 1. The van der Waals surface area contributed by atoms with E-state index in [2.05, 4.69) is 5.32 Å². The molecule has 0 fully saturated rings. The van der Waals surface area contributed by atoms with E-state index in [0.29, 0.717) is 12.1 Å². The Hall–Kier alpha value is -1.92. The molecule has 0 saturated heterocycles. The van der Waals surface area contributed by atoms with Crippen LogP contribution < -0.4 is 11.1 Å². The molecule has 0 aromatic heterocycles. The third-order valence-corrected chi connectivity index (χ3v) is 2.47. The summed E-state index contributed by atoms with van der Waals surface area (Å²) in [6, 6.07) is 5.48. The summed E-state index contributed by atoms with van der Waals surface area (Å²) < 4.78 is 0. The van der Waals surface area contributed by atoms with Crippen molar-refractivity contribution in [1.29, 1.82) is 0 Å². The Morgan fingerprint density at radius 3 is 2.33 bits per heavy atom. The van der Waals surface area contributed by atoms with E-state index in [0.717, 1.165) is 5.56 Å². The summed E-state index contributed by atoms with van der Waals surface area (Å²) in [5.41, 5.74) is 6.67. The van der Waals surface area contributed by atoms with Gasteiger partial charge in [0.05, 0.1) is 0 Å².